The SMILES string of the molecule is CC(C)(C)NC(N)=NCCn1cccn1. The average molecular weight is 209 g/mol. The molecular weight excluding hydrogens is 190 g/mol. The van der Waals surface area contributed by atoms with Gasteiger partial charge in [-0.15, -0.1) is 0 Å². The summed E-state index contributed by atoms with van der Waals surface area (Å²) >= 11 is 0. The van der Waals surface area contributed by atoms with E-state index in [9.17, 15) is 0 Å². The number of nitrogens with two attached hydrogens (primary N) is 1. The van der Waals surface area contributed by atoms with Crippen LogP contribution in [-0.2, 0) is 6.54 Å². The molecule has 0 unspecified atom stereocenters. The Morgan fingerprint density at radius 2 is 2.27 bits per heavy atom. The highest BCUT2D eigenvalue weighted by molar-refractivity contribution is 5.78. The van der Waals surface area contributed by atoms with Gasteiger partial charge in [-0.1, -0.05) is 0 Å². The van der Waals surface area contributed by atoms with Gasteiger partial charge in [0, 0.05) is 17.9 Å². The molecule has 1 heterocycles. The van der Waals surface area contributed by atoms with Gasteiger partial charge in [0.15, 0.2) is 5.96 Å². The summed E-state index contributed by atoms with van der Waals surface area (Å²) in [6.07, 6.45) is 3.66. The number of hydrogen-bond donors (Lipinski definition) is 2. The van der Waals surface area contributed by atoms with E-state index in [1.807, 2.05) is 37.7 Å². The molecule has 3 N–H and O–H groups in total. The molecule has 0 saturated carbocycles. The van der Waals surface area contributed by atoms with Crippen LogP contribution in [0.5, 0.6) is 0 Å². The van der Waals surface area contributed by atoms with Gasteiger partial charge in [0.2, 0.25) is 0 Å². The fraction of sp³-hybridized carbons (Fsp3) is 0.600. The van der Waals surface area contributed by atoms with Crippen molar-refractivity contribution in [3.05, 3.63) is 18.5 Å². The number of aliphatic imine (C=N–C) groups is 1. The summed E-state index contributed by atoms with van der Waals surface area (Å²) in [5, 5.41) is 7.17. The Balaban J connectivity index is 2.32. The third-order valence-corrected chi connectivity index (χ3v) is 1.67. The maximum absolute atomic E-state index is 5.71. The van der Waals surface area contributed by atoms with Gasteiger partial charge in [0.05, 0.1) is 13.1 Å². The Bertz CT molecular complexity index is 307. The molecule has 0 saturated heterocycles. The molecule has 1 aromatic heterocycles. The van der Waals surface area contributed by atoms with E-state index < -0.39 is 0 Å². The average Bonchev–Trinajstić information content (AvgIpc) is 2.53. The number of hydrogen-bond acceptors (Lipinski definition) is 2. The number of nitrogens with zero attached hydrogens (tertiary/aromatic N) is 3. The number of guanidine groups is 1. The lowest BCUT2D eigenvalue weighted by molar-refractivity contribution is 0.507. The van der Waals surface area contributed by atoms with Crippen LogP contribution in [-0.4, -0.2) is 27.8 Å². The van der Waals surface area contributed by atoms with E-state index >= 15 is 0 Å². The summed E-state index contributed by atoms with van der Waals surface area (Å²) in [6, 6.07) is 1.89. The molecule has 0 spiro atoms. The van der Waals surface area contributed by atoms with Gasteiger partial charge in [-0.2, -0.15) is 5.10 Å². The summed E-state index contributed by atoms with van der Waals surface area (Å²) in [6.45, 7) is 7.52. The lowest BCUT2D eigenvalue weighted by atomic mass is 10.1. The Hall–Kier alpha value is -1.52. The molecule has 15 heavy (non-hydrogen) atoms. The van der Waals surface area contributed by atoms with Crippen molar-refractivity contribution >= 4 is 5.96 Å². The van der Waals surface area contributed by atoms with E-state index in [0.29, 0.717) is 12.5 Å². The zero-order valence-corrected chi connectivity index (χ0v) is 9.57. The maximum atomic E-state index is 5.71. The van der Waals surface area contributed by atoms with Crippen molar-refractivity contribution < 1.29 is 0 Å². The van der Waals surface area contributed by atoms with E-state index in [2.05, 4.69) is 15.4 Å². The predicted octanol–water partition coefficient (Wildman–Crippen LogP) is 0.586. The van der Waals surface area contributed by atoms with Crippen molar-refractivity contribution in [3.8, 4) is 0 Å². The summed E-state index contributed by atoms with van der Waals surface area (Å²) in [7, 11) is 0. The van der Waals surface area contributed by atoms with Crippen LogP contribution >= 0.6 is 0 Å². The van der Waals surface area contributed by atoms with Crippen molar-refractivity contribution in [2.24, 2.45) is 10.7 Å². The Kier molecular flexibility index (Phi) is 3.71. The minimum atomic E-state index is -0.0424. The summed E-state index contributed by atoms with van der Waals surface area (Å²) in [5.74, 6) is 0.481. The van der Waals surface area contributed by atoms with Crippen molar-refractivity contribution in [3.63, 3.8) is 0 Å². The standard InChI is InChI=1S/C10H19N5/c1-10(2,3)14-9(11)12-6-8-15-7-4-5-13-15/h4-5,7H,6,8H2,1-3H3,(H3,11,12,14). The van der Waals surface area contributed by atoms with Gasteiger partial charge in [-0.3, -0.25) is 9.67 Å². The van der Waals surface area contributed by atoms with E-state index in [0.717, 1.165) is 6.54 Å². The number of rotatable bonds is 3. The van der Waals surface area contributed by atoms with Crippen molar-refractivity contribution in [2.45, 2.75) is 32.9 Å². The molecule has 84 valence electrons. The third-order valence-electron chi connectivity index (χ3n) is 1.67. The Labute approximate surface area is 90.4 Å². The molecule has 1 rings (SSSR count). The zero-order chi connectivity index (χ0) is 11.3. The maximum Gasteiger partial charge on any atom is 0.189 e. The summed E-state index contributed by atoms with van der Waals surface area (Å²) < 4.78 is 1.83. The molecule has 1 aromatic rings. The second-order valence-corrected chi connectivity index (χ2v) is 4.41. The molecule has 0 amide bonds. The Morgan fingerprint density at radius 1 is 1.53 bits per heavy atom. The fourth-order valence-corrected chi connectivity index (χ4v) is 1.13. The van der Waals surface area contributed by atoms with Gasteiger partial charge in [0.1, 0.15) is 0 Å². The van der Waals surface area contributed by atoms with Gasteiger partial charge in [-0.05, 0) is 26.8 Å². The minimum absolute atomic E-state index is 0.0424. The monoisotopic (exact) mass is 209 g/mol. The van der Waals surface area contributed by atoms with Gasteiger partial charge in [-0.25, -0.2) is 0 Å². The van der Waals surface area contributed by atoms with Crippen molar-refractivity contribution in [2.75, 3.05) is 6.54 Å². The smallest absolute Gasteiger partial charge is 0.189 e. The normalized spacial score (nSPS) is 12.9. The lowest BCUT2D eigenvalue weighted by Crippen LogP contribution is -2.45. The highest BCUT2D eigenvalue weighted by Crippen LogP contribution is 1.96. The molecule has 0 radical (unpaired) electrons. The van der Waals surface area contributed by atoms with Crippen molar-refractivity contribution in [1.29, 1.82) is 0 Å². The molecule has 5 heteroatoms. The molecule has 0 fully saturated rings. The first-order valence-corrected chi connectivity index (χ1v) is 5.03. The fourth-order valence-electron chi connectivity index (χ4n) is 1.13. The van der Waals surface area contributed by atoms with E-state index in [1.54, 1.807) is 6.20 Å². The third kappa shape index (κ3) is 5.05. The van der Waals surface area contributed by atoms with Gasteiger partial charge < -0.3 is 11.1 Å². The van der Waals surface area contributed by atoms with Gasteiger partial charge in [0.25, 0.3) is 0 Å². The van der Waals surface area contributed by atoms with Crippen LogP contribution in [0.3, 0.4) is 0 Å². The molecular formula is C10H19N5. The molecule has 5 nitrogen and oxygen atoms in total. The van der Waals surface area contributed by atoms with E-state index in [4.69, 9.17) is 5.73 Å². The molecule has 0 aliphatic carbocycles. The molecule has 0 bridgehead atoms. The van der Waals surface area contributed by atoms with Crippen LogP contribution in [0.2, 0.25) is 0 Å². The molecule has 0 aromatic carbocycles. The minimum Gasteiger partial charge on any atom is -0.370 e. The van der Waals surface area contributed by atoms with E-state index in [1.165, 1.54) is 0 Å². The van der Waals surface area contributed by atoms with Crippen molar-refractivity contribution in [1.82, 2.24) is 15.1 Å². The van der Waals surface area contributed by atoms with Crippen LogP contribution in [0.1, 0.15) is 20.8 Å². The highest BCUT2D eigenvalue weighted by atomic mass is 15.3. The second-order valence-electron chi connectivity index (χ2n) is 4.41. The first kappa shape index (κ1) is 11.6. The number of aromatic nitrogens is 2. The second kappa shape index (κ2) is 4.82. The van der Waals surface area contributed by atoms with Crippen LogP contribution < -0.4 is 11.1 Å². The van der Waals surface area contributed by atoms with Crippen LogP contribution in [0.15, 0.2) is 23.5 Å². The first-order valence-electron chi connectivity index (χ1n) is 5.03. The quantitative estimate of drug-likeness (QED) is 0.565. The molecule has 0 aliphatic heterocycles. The van der Waals surface area contributed by atoms with E-state index in [-0.39, 0.29) is 5.54 Å². The summed E-state index contributed by atoms with van der Waals surface area (Å²) in [5.41, 5.74) is 5.67. The molecule has 0 atom stereocenters. The lowest BCUT2D eigenvalue weighted by Gasteiger charge is -2.20. The topological polar surface area (TPSA) is 68.2 Å². The highest BCUT2D eigenvalue weighted by Gasteiger charge is 2.09. The van der Waals surface area contributed by atoms with Gasteiger partial charge >= 0.3 is 0 Å². The number of nitrogens with one attached hydrogen (secondary N) is 1. The largest absolute Gasteiger partial charge is 0.370 e. The molecule has 0 aliphatic rings. The van der Waals surface area contributed by atoms with Crippen LogP contribution in [0, 0.1) is 0 Å². The predicted molar refractivity (Wildman–Crippen MR) is 61.6 cm³/mol. The van der Waals surface area contributed by atoms with Crippen LogP contribution in [0.4, 0.5) is 0 Å². The first-order chi connectivity index (χ1) is 6.97. The summed E-state index contributed by atoms with van der Waals surface area (Å²) in [4.78, 5) is 4.21. The Morgan fingerprint density at radius 3 is 2.80 bits per heavy atom. The zero-order valence-electron chi connectivity index (χ0n) is 9.57. The van der Waals surface area contributed by atoms with Crippen LogP contribution in [0.25, 0.3) is 0 Å².